The zero-order valence-corrected chi connectivity index (χ0v) is 17.5. The van der Waals surface area contributed by atoms with Crippen molar-refractivity contribution in [3.63, 3.8) is 0 Å². The highest BCUT2D eigenvalue weighted by Gasteiger charge is 2.23. The first-order chi connectivity index (χ1) is 15.2. The van der Waals surface area contributed by atoms with Gasteiger partial charge in [-0.1, -0.05) is 18.2 Å². The molecule has 1 saturated heterocycles. The second-order valence-electron chi connectivity index (χ2n) is 7.89. The minimum Gasteiger partial charge on any atom is -0.369 e. The van der Waals surface area contributed by atoms with Crippen molar-refractivity contribution in [2.45, 2.75) is 19.6 Å². The van der Waals surface area contributed by atoms with Crippen LogP contribution in [0.15, 0.2) is 73.2 Å². The summed E-state index contributed by atoms with van der Waals surface area (Å²) in [6.45, 7) is 5.37. The summed E-state index contributed by atoms with van der Waals surface area (Å²) in [5.74, 6) is 0.850. The smallest absolute Gasteiger partial charge is 0.133 e. The summed E-state index contributed by atoms with van der Waals surface area (Å²) in [6.07, 6.45) is 5.44. The molecule has 4 heterocycles. The molecule has 0 unspecified atom stereocenters. The number of benzene rings is 1. The number of rotatable bonds is 5. The predicted molar refractivity (Wildman–Crippen MR) is 122 cm³/mol. The highest BCUT2D eigenvalue weighted by atomic mass is 16.5. The summed E-state index contributed by atoms with van der Waals surface area (Å²) in [5, 5.41) is 4.51. The minimum absolute atomic E-state index is 0.0264. The molecule has 1 aromatic carbocycles. The summed E-state index contributed by atoms with van der Waals surface area (Å²) in [4.78, 5) is 15.9. The van der Waals surface area contributed by atoms with Gasteiger partial charge in [-0.05, 0) is 54.4 Å². The molecule has 156 valence electrons. The van der Waals surface area contributed by atoms with Gasteiger partial charge in [0.05, 0.1) is 29.7 Å². The summed E-state index contributed by atoms with van der Waals surface area (Å²) in [7, 11) is 0. The van der Waals surface area contributed by atoms with Crippen LogP contribution in [0.25, 0.3) is 10.9 Å². The summed E-state index contributed by atoms with van der Waals surface area (Å²) < 4.78 is 6.03. The van der Waals surface area contributed by atoms with Crippen molar-refractivity contribution in [3.05, 3.63) is 90.0 Å². The van der Waals surface area contributed by atoms with Crippen LogP contribution in [0.1, 0.15) is 22.9 Å². The number of hydrogen-bond acceptors (Lipinski definition) is 6. The number of aryl methyl sites for hydroxylation is 1. The minimum atomic E-state index is -0.0264. The van der Waals surface area contributed by atoms with Crippen LogP contribution in [-0.2, 0) is 11.3 Å². The van der Waals surface area contributed by atoms with Crippen molar-refractivity contribution in [3.8, 4) is 0 Å². The maximum atomic E-state index is 6.03. The van der Waals surface area contributed by atoms with E-state index in [1.165, 1.54) is 10.9 Å². The Morgan fingerprint density at radius 1 is 1.03 bits per heavy atom. The molecule has 0 radical (unpaired) electrons. The van der Waals surface area contributed by atoms with E-state index in [1.807, 2.05) is 49.6 Å². The third-order valence-corrected chi connectivity index (χ3v) is 5.61. The molecule has 3 aromatic heterocycles. The quantitative estimate of drug-likeness (QED) is 0.516. The second-order valence-corrected chi connectivity index (χ2v) is 7.89. The second kappa shape index (κ2) is 8.79. The van der Waals surface area contributed by atoms with Gasteiger partial charge in [-0.3, -0.25) is 14.9 Å². The van der Waals surface area contributed by atoms with E-state index in [1.54, 1.807) is 6.20 Å². The normalized spacial score (nSPS) is 17.0. The number of morpholine rings is 1. The van der Waals surface area contributed by atoms with Crippen LogP contribution in [0.5, 0.6) is 0 Å². The zero-order chi connectivity index (χ0) is 21.0. The molecule has 1 aliphatic heterocycles. The average molecular weight is 412 g/mol. The number of hydrogen-bond donors (Lipinski definition) is 1. The van der Waals surface area contributed by atoms with Crippen molar-refractivity contribution >= 4 is 22.4 Å². The molecule has 6 nitrogen and oxygen atoms in total. The first-order valence-electron chi connectivity index (χ1n) is 10.6. The molecule has 1 aliphatic rings. The number of pyridine rings is 3. The fourth-order valence-electron chi connectivity index (χ4n) is 3.93. The Kier molecular flexibility index (Phi) is 5.56. The maximum absolute atomic E-state index is 6.03. The van der Waals surface area contributed by atoms with Gasteiger partial charge in [0.15, 0.2) is 0 Å². The summed E-state index contributed by atoms with van der Waals surface area (Å²) in [6, 6.07) is 18.6. The molecule has 1 N–H and O–H groups in total. The van der Waals surface area contributed by atoms with Gasteiger partial charge in [0.25, 0.3) is 0 Å². The fraction of sp³-hybridized carbons (Fsp3) is 0.240. The first-order valence-corrected chi connectivity index (χ1v) is 10.6. The Bertz CT molecular complexity index is 1180. The predicted octanol–water partition coefficient (Wildman–Crippen LogP) is 4.65. The number of aromatic nitrogens is 3. The SMILES string of the molecule is Cc1cccnc1Nc1ccc([C@@H]2CN(Cc3ccc4ncccc4c3)CCO2)nc1. The third kappa shape index (κ3) is 4.55. The van der Waals surface area contributed by atoms with E-state index in [0.717, 1.165) is 47.9 Å². The lowest BCUT2D eigenvalue weighted by atomic mass is 10.1. The van der Waals surface area contributed by atoms with Crippen LogP contribution in [0.2, 0.25) is 0 Å². The Morgan fingerprint density at radius 3 is 2.81 bits per heavy atom. The zero-order valence-electron chi connectivity index (χ0n) is 17.5. The van der Waals surface area contributed by atoms with Crippen LogP contribution < -0.4 is 5.32 Å². The Balaban J connectivity index is 1.25. The molecule has 31 heavy (non-hydrogen) atoms. The Hall–Kier alpha value is -3.35. The number of anilines is 2. The van der Waals surface area contributed by atoms with Gasteiger partial charge in [-0.15, -0.1) is 0 Å². The van der Waals surface area contributed by atoms with E-state index >= 15 is 0 Å². The van der Waals surface area contributed by atoms with Gasteiger partial charge in [-0.2, -0.15) is 0 Å². The topological polar surface area (TPSA) is 63.2 Å². The van der Waals surface area contributed by atoms with Crippen molar-refractivity contribution in [1.29, 1.82) is 0 Å². The monoisotopic (exact) mass is 411 g/mol. The molecule has 0 bridgehead atoms. The molecular weight excluding hydrogens is 386 g/mol. The lowest BCUT2D eigenvalue weighted by Crippen LogP contribution is -2.38. The van der Waals surface area contributed by atoms with E-state index in [9.17, 15) is 0 Å². The lowest BCUT2D eigenvalue weighted by Gasteiger charge is -2.32. The van der Waals surface area contributed by atoms with Gasteiger partial charge in [0, 0.05) is 37.4 Å². The van der Waals surface area contributed by atoms with Gasteiger partial charge < -0.3 is 10.1 Å². The van der Waals surface area contributed by atoms with E-state index in [2.05, 4.69) is 49.4 Å². The molecule has 5 rings (SSSR count). The van der Waals surface area contributed by atoms with Crippen molar-refractivity contribution in [2.75, 3.05) is 25.0 Å². The van der Waals surface area contributed by atoms with E-state index in [4.69, 9.17) is 4.74 Å². The van der Waals surface area contributed by atoms with Gasteiger partial charge in [0.1, 0.15) is 11.9 Å². The molecule has 1 fully saturated rings. The van der Waals surface area contributed by atoms with Crippen molar-refractivity contribution < 1.29 is 4.74 Å². The molecule has 0 aliphatic carbocycles. The van der Waals surface area contributed by atoms with Crippen molar-refractivity contribution in [1.82, 2.24) is 19.9 Å². The number of nitrogens with one attached hydrogen (secondary N) is 1. The number of fused-ring (bicyclic) bond motifs is 1. The number of ether oxygens (including phenoxy) is 1. The average Bonchev–Trinajstić information content (AvgIpc) is 2.81. The largest absolute Gasteiger partial charge is 0.369 e. The highest BCUT2D eigenvalue weighted by molar-refractivity contribution is 5.78. The van der Waals surface area contributed by atoms with Crippen LogP contribution in [0.3, 0.4) is 0 Å². The Morgan fingerprint density at radius 2 is 1.94 bits per heavy atom. The van der Waals surface area contributed by atoms with Crippen LogP contribution in [-0.4, -0.2) is 39.5 Å². The fourth-order valence-corrected chi connectivity index (χ4v) is 3.93. The van der Waals surface area contributed by atoms with E-state index < -0.39 is 0 Å². The Labute approximate surface area is 181 Å². The molecule has 6 heteroatoms. The standard InChI is InChI=1S/C25H25N5O/c1-18-4-2-11-27-25(18)29-21-7-9-23(28-15-21)24-17-30(12-13-31-24)16-19-6-8-22-20(14-19)5-3-10-26-22/h2-11,14-15,24H,12-13,16-17H2,1H3,(H,27,29)/t24-/m0/s1. The van der Waals surface area contributed by atoms with Crippen molar-refractivity contribution in [2.24, 2.45) is 0 Å². The van der Waals surface area contributed by atoms with Crippen LogP contribution in [0, 0.1) is 6.92 Å². The molecule has 0 spiro atoms. The van der Waals surface area contributed by atoms with E-state index in [0.29, 0.717) is 6.61 Å². The van der Waals surface area contributed by atoms with Gasteiger partial charge >= 0.3 is 0 Å². The van der Waals surface area contributed by atoms with Gasteiger partial charge in [0.2, 0.25) is 0 Å². The van der Waals surface area contributed by atoms with Crippen LogP contribution >= 0.6 is 0 Å². The lowest BCUT2D eigenvalue weighted by molar-refractivity contribution is -0.0349. The third-order valence-electron chi connectivity index (χ3n) is 5.61. The molecule has 4 aromatic rings. The van der Waals surface area contributed by atoms with Crippen LogP contribution in [0.4, 0.5) is 11.5 Å². The van der Waals surface area contributed by atoms with E-state index in [-0.39, 0.29) is 6.10 Å². The first kappa shape index (κ1) is 19.6. The molecule has 0 saturated carbocycles. The summed E-state index contributed by atoms with van der Waals surface area (Å²) in [5.41, 5.74) is 5.30. The number of nitrogens with zero attached hydrogens (tertiary/aromatic N) is 4. The summed E-state index contributed by atoms with van der Waals surface area (Å²) >= 11 is 0. The molecular formula is C25H25N5O. The molecule has 0 amide bonds. The maximum Gasteiger partial charge on any atom is 0.133 e. The van der Waals surface area contributed by atoms with Gasteiger partial charge in [-0.25, -0.2) is 4.98 Å². The molecule has 1 atom stereocenters. The highest BCUT2D eigenvalue weighted by Crippen LogP contribution is 2.24.